The fourth-order valence-corrected chi connectivity index (χ4v) is 4.36. The molecule has 0 aliphatic rings. The highest BCUT2D eigenvalue weighted by molar-refractivity contribution is 7.10. The van der Waals surface area contributed by atoms with E-state index < -0.39 is 5.60 Å². The molecule has 2 aromatic carbocycles. The van der Waals surface area contributed by atoms with E-state index in [1.165, 1.54) is 16.9 Å². The number of nitrogens with zero attached hydrogens (tertiary/aromatic N) is 2. The third-order valence-electron chi connectivity index (χ3n) is 5.61. The number of quaternary nitrogens is 1. The number of benzene rings is 2. The first-order chi connectivity index (χ1) is 14.3. The van der Waals surface area contributed by atoms with Gasteiger partial charge in [-0.05, 0) is 22.6 Å². The molecule has 166 valence electrons. The zero-order valence-corrected chi connectivity index (χ0v) is 20.8. The van der Waals surface area contributed by atoms with Crippen LogP contribution in [0.5, 0.6) is 0 Å². The Labute approximate surface area is 200 Å². The van der Waals surface area contributed by atoms with E-state index in [1.54, 1.807) is 11.9 Å². The predicted octanol–water partition coefficient (Wildman–Crippen LogP) is 0.765. The fraction of sp³-hybridized carbons (Fsp3) is 0.320. The number of amides is 1. The number of likely N-dealkylation sites (N-methyl/N-ethyl adjacent to an activating group) is 2. The highest BCUT2D eigenvalue weighted by Gasteiger charge is 2.43. The standard InChI is InChI=1S/C25H31N2O2S.BrH/c1-26(17-19-27(2,3)18-16-21-11-6-4-7-12-21)24(28)25(29,23-15-10-20-30-23)22-13-8-5-9-14-22;/h4-15,20,29H,16-19H2,1-3H3;1H/q+1;/p-1. The lowest BCUT2D eigenvalue weighted by Crippen LogP contribution is -3.00. The third kappa shape index (κ3) is 6.26. The molecule has 31 heavy (non-hydrogen) atoms. The number of thiophene rings is 1. The number of hydrogen-bond acceptors (Lipinski definition) is 3. The summed E-state index contributed by atoms with van der Waals surface area (Å²) >= 11 is 1.40. The molecule has 1 N–H and O–H groups in total. The molecule has 6 heteroatoms. The first-order valence-corrected chi connectivity index (χ1v) is 11.1. The molecule has 0 saturated carbocycles. The molecule has 3 aromatic rings. The van der Waals surface area contributed by atoms with Crippen molar-refractivity contribution in [1.29, 1.82) is 0 Å². The Balaban J connectivity index is 0.00000341. The summed E-state index contributed by atoms with van der Waals surface area (Å²) in [5, 5.41) is 13.5. The molecule has 0 fully saturated rings. The molecular formula is C25H31BrN2O2S. The van der Waals surface area contributed by atoms with Crippen LogP contribution in [0.15, 0.2) is 78.2 Å². The van der Waals surface area contributed by atoms with Gasteiger partial charge in [0.05, 0.1) is 38.6 Å². The van der Waals surface area contributed by atoms with Gasteiger partial charge in [0.1, 0.15) is 0 Å². The van der Waals surface area contributed by atoms with E-state index in [4.69, 9.17) is 0 Å². The summed E-state index contributed by atoms with van der Waals surface area (Å²) in [6.07, 6.45) is 0.995. The molecule has 0 saturated heterocycles. The van der Waals surface area contributed by atoms with E-state index in [1.807, 2.05) is 53.9 Å². The average Bonchev–Trinajstić information content (AvgIpc) is 3.32. The Morgan fingerprint density at radius 3 is 2.16 bits per heavy atom. The number of carbonyl (C=O) groups excluding carboxylic acids is 1. The van der Waals surface area contributed by atoms with Crippen molar-refractivity contribution in [3.05, 3.63) is 94.2 Å². The van der Waals surface area contributed by atoms with E-state index in [2.05, 4.69) is 38.4 Å². The van der Waals surface area contributed by atoms with Crippen molar-refractivity contribution in [1.82, 2.24) is 4.90 Å². The summed E-state index contributed by atoms with van der Waals surface area (Å²) in [6.45, 7) is 2.37. The van der Waals surface area contributed by atoms with Gasteiger partial charge in [0.15, 0.2) is 0 Å². The lowest BCUT2D eigenvalue weighted by Gasteiger charge is -2.35. The second-order valence-electron chi connectivity index (χ2n) is 8.40. The second-order valence-corrected chi connectivity index (χ2v) is 9.35. The Hall–Kier alpha value is -1.99. The molecule has 3 rings (SSSR count). The SMILES string of the molecule is CN(CC[N+](C)(C)CCc1ccccc1)C(=O)C(O)(c1ccccc1)c1cccs1.[Br-]. The maximum Gasteiger partial charge on any atom is 0.264 e. The van der Waals surface area contributed by atoms with Crippen LogP contribution in [-0.4, -0.2) is 61.2 Å². The van der Waals surface area contributed by atoms with Crippen LogP contribution >= 0.6 is 11.3 Å². The summed E-state index contributed by atoms with van der Waals surface area (Å²) in [5.41, 5.74) is 0.261. The number of rotatable bonds is 9. The fourth-order valence-electron chi connectivity index (χ4n) is 3.52. The van der Waals surface area contributed by atoms with Crippen molar-refractivity contribution in [2.24, 2.45) is 0 Å². The minimum Gasteiger partial charge on any atom is -1.00 e. The van der Waals surface area contributed by atoms with Crippen LogP contribution in [-0.2, 0) is 16.8 Å². The van der Waals surface area contributed by atoms with Crippen molar-refractivity contribution in [2.45, 2.75) is 12.0 Å². The topological polar surface area (TPSA) is 40.5 Å². The number of hydrogen-bond donors (Lipinski definition) is 1. The Morgan fingerprint density at radius 2 is 1.58 bits per heavy atom. The van der Waals surface area contributed by atoms with E-state index >= 15 is 0 Å². The predicted molar refractivity (Wildman–Crippen MR) is 123 cm³/mol. The van der Waals surface area contributed by atoms with Crippen molar-refractivity contribution >= 4 is 17.2 Å². The molecule has 0 spiro atoms. The van der Waals surface area contributed by atoms with Gasteiger partial charge >= 0.3 is 0 Å². The normalized spacial score (nSPS) is 13.2. The van der Waals surface area contributed by atoms with Crippen LogP contribution in [0.3, 0.4) is 0 Å². The molecular weight excluding hydrogens is 472 g/mol. The van der Waals surface area contributed by atoms with Gasteiger partial charge in [0.2, 0.25) is 5.60 Å². The minimum absolute atomic E-state index is 0. The van der Waals surface area contributed by atoms with E-state index in [-0.39, 0.29) is 22.9 Å². The van der Waals surface area contributed by atoms with Crippen LogP contribution in [0.1, 0.15) is 16.0 Å². The first kappa shape index (κ1) is 25.3. The molecule has 0 bridgehead atoms. The summed E-state index contributed by atoms with van der Waals surface area (Å²) in [7, 11) is 6.15. The maximum absolute atomic E-state index is 13.4. The zero-order valence-electron chi connectivity index (χ0n) is 18.4. The average molecular weight is 504 g/mol. The van der Waals surface area contributed by atoms with Gasteiger partial charge in [-0.2, -0.15) is 0 Å². The van der Waals surface area contributed by atoms with Gasteiger partial charge in [-0.25, -0.2) is 0 Å². The highest BCUT2D eigenvalue weighted by Crippen LogP contribution is 2.34. The van der Waals surface area contributed by atoms with E-state index in [0.717, 1.165) is 24.0 Å². The van der Waals surface area contributed by atoms with Crippen molar-refractivity contribution < 1.29 is 31.4 Å². The maximum atomic E-state index is 13.4. The number of carbonyl (C=O) groups is 1. The van der Waals surface area contributed by atoms with Crippen LogP contribution < -0.4 is 17.0 Å². The quantitative estimate of drug-likeness (QED) is 0.439. The molecule has 1 unspecified atom stereocenters. The second kappa shape index (κ2) is 11.0. The summed E-state index contributed by atoms with van der Waals surface area (Å²) < 4.78 is 0.801. The molecule has 0 aliphatic heterocycles. The summed E-state index contributed by atoms with van der Waals surface area (Å²) in [5.74, 6) is -0.292. The third-order valence-corrected chi connectivity index (χ3v) is 6.59. The molecule has 1 aromatic heterocycles. The molecule has 1 amide bonds. The highest BCUT2D eigenvalue weighted by atomic mass is 79.9. The minimum atomic E-state index is -1.66. The smallest absolute Gasteiger partial charge is 0.264 e. The number of aliphatic hydroxyl groups is 1. The molecule has 0 radical (unpaired) electrons. The van der Waals surface area contributed by atoms with Crippen LogP contribution in [0.2, 0.25) is 0 Å². The largest absolute Gasteiger partial charge is 1.00 e. The zero-order chi connectivity index (χ0) is 21.6. The summed E-state index contributed by atoms with van der Waals surface area (Å²) in [4.78, 5) is 15.7. The van der Waals surface area contributed by atoms with E-state index in [9.17, 15) is 9.90 Å². The molecule has 1 atom stereocenters. The Morgan fingerprint density at radius 1 is 0.968 bits per heavy atom. The van der Waals surface area contributed by atoms with Crippen LogP contribution in [0.25, 0.3) is 0 Å². The Kier molecular flexibility index (Phi) is 9.01. The monoisotopic (exact) mass is 502 g/mol. The van der Waals surface area contributed by atoms with Gasteiger partial charge in [-0.1, -0.05) is 66.7 Å². The van der Waals surface area contributed by atoms with Gasteiger partial charge in [-0.3, -0.25) is 4.79 Å². The van der Waals surface area contributed by atoms with Crippen molar-refractivity contribution in [2.75, 3.05) is 40.8 Å². The van der Waals surface area contributed by atoms with Gasteiger partial charge in [0.25, 0.3) is 5.91 Å². The first-order valence-electron chi connectivity index (χ1n) is 10.3. The lowest BCUT2D eigenvalue weighted by atomic mass is 9.90. The number of halogens is 1. The molecule has 0 aliphatic carbocycles. The van der Waals surface area contributed by atoms with Gasteiger partial charge < -0.3 is 31.5 Å². The van der Waals surface area contributed by atoms with E-state index in [0.29, 0.717) is 17.0 Å². The summed E-state index contributed by atoms with van der Waals surface area (Å²) in [6, 6.07) is 23.4. The van der Waals surface area contributed by atoms with Crippen LogP contribution in [0.4, 0.5) is 0 Å². The van der Waals surface area contributed by atoms with Crippen molar-refractivity contribution in [3.63, 3.8) is 0 Å². The van der Waals surface area contributed by atoms with Gasteiger partial charge in [-0.15, -0.1) is 11.3 Å². The molecule has 1 heterocycles. The van der Waals surface area contributed by atoms with Crippen LogP contribution in [0, 0.1) is 0 Å². The van der Waals surface area contributed by atoms with Gasteiger partial charge in [0, 0.05) is 13.5 Å². The van der Waals surface area contributed by atoms with Crippen molar-refractivity contribution in [3.8, 4) is 0 Å². The Bertz CT molecular complexity index is 933. The lowest BCUT2D eigenvalue weighted by molar-refractivity contribution is -0.889. The molecule has 4 nitrogen and oxygen atoms in total.